The van der Waals surface area contributed by atoms with Crippen LogP contribution < -0.4 is 5.73 Å². The van der Waals surface area contributed by atoms with E-state index in [0.717, 1.165) is 25.1 Å². The van der Waals surface area contributed by atoms with Crippen molar-refractivity contribution in [2.24, 2.45) is 5.73 Å². The van der Waals surface area contributed by atoms with Gasteiger partial charge in [0, 0.05) is 30.3 Å². The van der Waals surface area contributed by atoms with Gasteiger partial charge in [0.15, 0.2) is 9.84 Å². The van der Waals surface area contributed by atoms with E-state index in [-0.39, 0.29) is 5.37 Å². The predicted molar refractivity (Wildman–Crippen MR) is 70.4 cm³/mol. The van der Waals surface area contributed by atoms with Crippen molar-refractivity contribution in [1.82, 2.24) is 4.90 Å². The van der Waals surface area contributed by atoms with Crippen molar-refractivity contribution in [3.8, 4) is 0 Å². The topological polar surface area (TPSA) is 63.4 Å². The summed E-state index contributed by atoms with van der Waals surface area (Å²) in [6, 6.07) is 0.309. The Kier molecular flexibility index (Phi) is 5.56. The number of hydrogen-bond acceptors (Lipinski definition) is 5. The highest BCUT2D eigenvalue weighted by Gasteiger charge is 2.33. The summed E-state index contributed by atoms with van der Waals surface area (Å²) in [4.78, 5) is 2.13. The molecule has 4 nitrogen and oxygen atoms in total. The van der Waals surface area contributed by atoms with Crippen LogP contribution in [-0.4, -0.2) is 55.6 Å². The van der Waals surface area contributed by atoms with Gasteiger partial charge in [-0.15, -0.1) is 0 Å². The third-order valence-electron chi connectivity index (χ3n) is 3.01. The first-order valence-electron chi connectivity index (χ1n) is 5.69. The molecule has 0 aromatic heterocycles. The summed E-state index contributed by atoms with van der Waals surface area (Å²) in [5.74, 6) is 1.73. The summed E-state index contributed by atoms with van der Waals surface area (Å²) in [5, 5.41) is -0.306. The molecule has 0 bridgehead atoms. The van der Waals surface area contributed by atoms with Gasteiger partial charge in [-0.2, -0.15) is 11.8 Å². The molecular formula is C10H22N2O2S2. The normalized spacial score (nSPS) is 25.6. The Labute approximate surface area is 103 Å². The minimum absolute atomic E-state index is 0.306. The summed E-state index contributed by atoms with van der Waals surface area (Å²) in [6.07, 6.45) is 3.28. The molecule has 2 N–H and O–H groups in total. The number of rotatable bonds is 5. The lowest BCUT2D eigenvalue weighted by Crippen LogP contribution is -2.51. The molecule has 1 aliphatic heterocycles. The van der Waals surface area contributed by atoms with E-state index in [1.54, 1.807) is 11.8 Å². The molecule has 1 rings (SSSR count). The number of nitrogens with two attached hydrogens (primary N) is 1. The quantitative estimate of drug-likeness (QED) is 0.786. The Balaban J connectivity index is 2.66. The molecule has 0 saturated carbocycles. The van der Waals surface area contributed by atoms with Crippen molar-refractivity contribution in [1.29, 1.82) is 0 Å². The Morgan fingerprint density at radius 3 is 2.81 bits per heavy atom. The molecule has 2 unspecified atom stereocenters. The third-order valence-corrected chi connectivity index (χ3v) is 5.67. The highest BCUT2D eigenvalue weighted by Crippen LogP contribution is 2.23. The standard InChI is InChI=1S/C10H22N2O2S2/c1-9(4-3-5-11)12-6-7-15-8-10(12)16(2,13)14/h9-10H,3-8,11H2,1-2H3. The Bertz CT molecular complexity index is 306. The van der Waals surface area contributed by atoms with Crippen LogP contribution in [0, 0.1) is 0 Å². The average molecular weight is 266 g/mol. The van der Waals surface area contributed by atoms with Crippen LogP contribution in [0.25, 0.3) is 0 Å². The lowest BCUT2D eigenvalue weighted by Gasteiger charge is -2.38. The van der Waals surface area contributed by atoms with E-state index in [1.807, 2.05) is 0 Å². The molecule has 1 aliphatic rings. The molecule has 6 heteroatoms. The van der Waals surface area contributed by atoms with Gasteiger partial charge in [0.1, 0.15) is 5.37 Å². The summed E-state index contributed by atoms with van der Waals surface area (Å²) in [7, 11) is -2.97. The van der Waals surface area contributed by atoms with Gasteiger partial charge in [-0.05, 0) is 26.3 Å². The highest BCUT2D eigenvalue weighted by atomic mass is 32.2. The van der Waals surface area contributed by atoms with E-state index >= 15 is 0 Å². The second-order valence-corrected chi connectivity index (χ2v) is 7.73. The van der Waals surface area contributed by atoms with Crippen LogP contribution >= 0.6 is 11.8 Å². The number of thioether (sulfide) groups is 1. The van der Waals surface area contributed by atoms with E-state index in [0.29, 0.717) is 18.3 Å². The minimum atomic E-state index is -2.97. The molecule has 0 spiro atoms. The highest BCUT2D eigenvalue weighted by molar-refractivity contribution is 8.00. The molecule has 16 heavy (non-hydrogen) atoms. The predicted octanol–water partition coefficient (Wildman–Crippen LogP) is 0.533. The van der Waals surface area contributed by atoms with Crippen molar-refractivity contribution in [2.45, 2.75) is 31.2 Å². The number of nitrogens with zero attached hydrogens (tertiary/aromatic N) is 1. The molecule has 0 aromatic rings. The number of hydrogen-bond donors (Lipinski definition) is 1. The van der Waals surface area contributed by atoms with Crippen LogP contribution in [0.5, 0.6) is 0 Å². The van der Waals surface area contributed by atoms with Crippen molar-refractivity contribution >= 4 is 21.6 Å². The van der Waals surface area contributed by atoms with Gasteiger partial charge >= 0.3 is 0 Å². The molecule has 96 valence electrons. The van der Waals surface area contributed by atoms with Crippen LogP contribution in [0.15, 0.2) is 0 Å². The third kappa shape index (κ3) is 3.91. The van der Waals surface area contributed by atoms with Crippen molar-refractivity contribution < 1.29 is 8.42 Å². The van der Waals surface area contributed by atoms with Gasteiger partial charge in [0.25, 0.3) is 0 Å². The summed E-state index contributed by atoms with van der Waals surface area (Å²) < 4.78 is 23.4. The fraction of sp³-hybridized carbons (Fsp3) is 1.00. The molecule has 0 aliphatic carbocycles. The van der Waals surface area contributed by atoms with Crippen LogP contribution in [0.3, 0.4) is 0 Å². The second-order valence-electron chi connectivity index (χ2n) is 4.38. The van der Waals surface area contributed by atoms with Crippen LogP contribution in [0.1, 0.15) is 19.8 Å². The SMILES string of the molecule is CC(CCCN)N1CCSCC1S(C)(=O)=O. The van der Waals surface area contributed by atoms with Gasteiger partial charge < -0.3 is 5.73 Å². The average Bonchev–Trinajstić information content (AvgIpc) is 2.24. The first-order chi connectivity index (χ1) is 7.46. The zero-order valence-electron chi connectivity index (χ0n) is 10.1. The monoisotopic (exact) mass is 266 g/mol. The summed E-state index contributed by atoms with van der Waals surface area (Å²) >= 11 is 1.73. The minimum Gasteiger partial charge on any atom is -0.330 e. The van der Waals surface area contributed by atoms with Crippen molar-refractivity contribution in [3.63, 3.8) is 0 Å². The van der Waals surface area contributed by atoms with Gasteiger partial charge in [-0.1, -0.05) is 0 Å². The van der Waals surface area contributed by atoms with Gasteiger partial charge in [0.05, 0.1) is 0 Å². The van der Waals surface area contributed by atoms with E-state index in [2.05, 4.69) is 11.8 Å². The lowest BCUT2D eigenvalue weighted by atomic mass is 10.1. The Morgan fingerprint density at radius 1 is 1.56 bits per heavy atom. The van der Waals surface area contributed by atoms with Crippen LogP contribution in [0.2, 0.25) is 0 Å². The maximum Gasteiger partial charge on any atom is 0.164 e. The van der Waals surface area contributed by atoms with Gasteiger partial charge in [0.2, 0.25) is 0 Å². The van der Waals surface area contributed by atoms with Crippen LogP contribution in [-0.2, 0) is 9.84 Å². The van der Waals surface area contributed by atoms with E-state index in [4.69, 9.17) is 5.73 Å². The molecule has 0 amide bonds. The van der Waals surface area contributed by atoms with Crippen LogP contribution in [0.4, 0.5) is 0 Å². The molecular weight excluding hydrogens is 244 g/mol. The summed E-state index contributed by atoms with van der Waals surface area (Å²) in [6.45, 7) is 3.65. The smallest absolute Gasteiger partial charge is 0.164 e. The van der Waals surface area contributed by atoms with E-state index < -0.39 is 9.84 Å². The zero-order valence-corrected chi connectivity index (χ0v) is 11.7. The Hall–Kier alpha value is 0.220. The largest absolute Gasteiger partial charge is 0.330 e. The molecule has 2 atom stereocenters. The molecule has 1 heterocycles. The molecule has 0 radical (unpaired) electrons. The van der Waals surface area contributed by atoms with Gasteiger partial charge in [-0.3, -0.25) is 4.90 Å². The maximum atomic E-state index is 11.7. The van der Waals surface area contributed by atoms with E-state index in [9.17, 15) is 8.42 Å². The molecule has 1 saturated heterocycles. The number of sulfone groups is 1. The molecule has 0 aromatic carbocycles. The first kappa shape index (κ1) is 14.3. The van der Waals surface area contributed by atoms with Crippen molar-refractivity contribution in [3.05, 3.63) is 0 Å². The lowest BCUT2D eigenvalue weighted by molar-refractivity contribution is 0.194. The molecule has 1 fully saturated rings. The second kappa shape index (κ2) is 6.23. The van der Waals surface area contributed by atoms with Crippen molar-refractivity contribution in [2.75, 3.05) is 30.9 Å². The van der Waals surface area contributed by atoms with Gasteiger partial charge in [-0.25, -0.2) is 8.42 Å². The zero-order chi connectivity index (χ0) is 12.2. The van der Waals surface area contributed by atoms with E-state index in [1.165, 1.54) is 6.26 Å². The fourth-order valence-electron chi connectivity index (χ4n) is 2.05. The first-order valence-corrected chi connectivity index (χ1v) is 8.80. The fourth-order valence-corrected chi connectivity index (χ4v) is 5.03. The summed E-state index contributed by atoms with van der Waals surface area (Å²) in [5.41, 5.74) is 5.49. The maximum absolute atomic E-state index is 11.7. The Morgan fingerprint density at radius 2 is 2.25 bits per heavy atom.